The third-order valence-electron chi connectivity index (χ3n) is 4.53. The van der Waals surface area contributed by atoms with Gasteiger partial charge in [-0.15, -0.1) is 0 Å². The minimum absolute atomic E-state index is 0.0643. The van der Waals surface area contributed by atoms with Crippen LogP contribution in [0.3, 0.4) is 0 Å². The maximum atomic E-state index is 12.1. The van der Waals surface area contributed by atoms with Crippen LogP contribution >= 0.6 is 0 Å². The summed E-state index contributed by atoms with van der Waals surface area (Å²) in [4.78, 5) is 13.9. The molecule has 0 fully saturated rings. The minimum atomic E-state index is 0.0643. The molecule has 1 aliphatic rings. The number of benzene rings is 1. The van der Waals surface area contributed by atoms with Crippen molar-refractivity contribution in [1.29, 1.82) is 0 Å². The maximum absolute atomic E-state index is 12.1. The highest BCUT2D eigenvalue weighted by atomic mass is 16.3. The average molecular weight is 290 g/mol. The van der Waals surface area contributed by atoms with Gasteiger partial charge in [-0.2, -0.15) is 0 Å². The van der Waals surface area contributed by atoms with Crippen molar-refractivity contribution in [3.63, 3.8) is 0 Å². The lowest BCUT2D eigenvalue weighted by atomic mass is 9.97. The molecule has 0 heterocycles. The van der Waals surface area contributed by atoms with Crippen LogP contribution in [0.5, 0.6) is 5.75 Å². The van der Waals surface area contributed by atoms with Crippen molar-refractivity contribution in [2.75, 3.05) is 19.6 Å². The van der Waals surface area contributed by atoms with E-state index in [1.54, 1.807) is 6.07 Å². The number of amides is 1. The second-order valence-electron chi connectivity index (χ2n) is 5.87. The monoisotopic (exact) mass is 290 g/mol. The van der Waals surface area contributed by atoms with Crippen LogP contribution in [-0.2, 0) is 4.79 Å². The molecule has 2 rings (SSSR count). The van der Waals surface area contributed by atoms with Gasteiger partial charge in [0.05, 0.1) is 6.54 Å². The zero-order valence-electron chi connectivity index (χ0n) is 13.4. The largest absolute Gasteiger partial charge is 0.508 e. The van der Waals surface area contributed by atoms with E-state index < -0.39 is 0 Å². The molecule has 2 N–H and O–H groups in total. The number of phenolic OH excluding ortho intramolecular Hbond substituents is 1. The summed E-state index contributed by atoms with van der Waals surface area (Å²) in [5, 5.41) is 13.5. The lowest BCUT2D eigenvalue weighted by molar-refractivity contribution is -0.130. The molecule has 0 saturated heterocycles. The number of hydrogen-bond donors (Lipinski definition) is 2. The predicted molar refractivity (Wildman–Crippen MR) is 84.5 cm³/mol. The van der Waals surface area contributed by atoms with Crippen LogP contribution in [0, 0.1) is 6.92 Å². The number of rotatable bonds is 5. The molecule has 0 bridgehead atoms. The maximum Gasteiger partial charge on any atom is 0.236 e. The minimum Gasteiger partial charge on any atom is -0.508 e. The summed E-state index contributed by atoms with van der Waals surface area (Å²) >= 11 is 0. The molecule has 0 saturated carbocycles. The SMILES string of the molecule is CCN(CC)C(=O)CNC1CC(C)c2c(C)ccc(O)c21. The number of aromatic hydroxyl groups is 1. The molecule has 4 heteroatoms. The number of aryl methyl sites for hydroxylation is 1. The Morgan fingerprint density at radius 3 is 2.62 bits per heavy atom. The summed E-state index contributed by atoms with van der Waals surface area (Å²) in [6.07, 6.45) is 0.930. The molecular formula is C17H26N2O2. The van der Waals surface area contributed by atoms with E-state index in [2.05, 4.69) is 19.2 Å². The van der Waals surface area contributed by atoms with Gasteiger partial charge in [-0.05, 0) is 50.3 Å². The van der Waals surface area contributed by atoms with Crippen LogP contribution in [0.2, 0.25) is 0 Å². The Labute approximate surface area is 127 Å². The van der Waals surface area contributed by atoms with Gasteiger partial charge in [0.2, 0.25) is 5.91 Å². The standard InChI is InChI=1S/C17H26N2O2/c1-5-19(6-2)15(21)10-18-13-9-12(4)16-11(3)7-8-14(20)17(13)16/h7-8,12-13,18,20H,5-6,9-10H2,1-4H3. The van der Waals surface area contributed by atoms with Crippen LogP contribution in [0.1, 0.15) is 55.8 Å². The first kappa shape index (κ1) is 15.8. The number of phenols is 1. The third-order valence-corrected chi connectivity index (χ3v) is 4.53. The third kappa shape index (κ3) is 3.05. The van der Waals surface area contributed by atoms with Gasteiger partial charge in [0.25, 0.3) is 0 Å². The van der Waals surface area contributed by atoms with E-state index in [0.29, 0.717) is 18.2 Å². The molecule has 1 aliphatic carbocycles. The predicted octanol–water partition coefficient (Wildman–Crippen LogP) is 2.71. The van der Waals surface area contributed by atoms with Crippen LogP contribution in [0.15, 0.2) is 12.1 Å². The van der Waals surface area contributed by atoms with Crippen molar-refractivity contribution in [2.24, 2.45) is 0 Å². The normalized spacial score (nSPS) is 20.4. The van der Waals surface area contributed by atoms with E-state index in [4.69, 9.17) is 0 Å². The Bertz CT molecular complexity index is 524. The Balaban J connectivity index is 2.12. The average Bonchev–Trinajstić information content (AvgIpc) is 2.80. The molecule has 4 nitrogen and oxygen atoms in total. The van der Waals surface area contributed by atoms with Gasteiger partial charge >= 0.3 is 0 Å². The topological polar surface area (TPSA) is 52.6 Å². The molecule has 0 aliphatic heterocycles. The number of nitrogens with one attached hydrogen (secondary N) is 1. The van der Waals surface area contributed by atoms with Crippen molar-refractivity contribution in [3.05, 3.63) is 28.8 Å². The van der Waals surface area contributed by atoms with Crippen molar-refractivity contribution in [1.82, 2.24) is 10.2 Å². The lowest BCUT2D eigenvalue weighted by Gasteiger charge is -2.21. The Morgan fingerprint density at radius 1 is 1.33 bits per heavy atom. The van der Waals surface area contributed by atoms with Crippen molar-refractivity contribution in [2.45, 2.75) is 46.1 Å². The van der Waals surface area contributed by atoms with Gasteiger partial charge < -0.3 is 15.3 Å². The van der Waals surface area contributed by atoms with E-state index >= 15 is 0 Å². The first-order valence-corrected chi connectivity index (χ1v) is 7.83. The molecule has 0 aromatic heterocycles. The number of carbonyl (C=O) groups excluding carboxylic acids is 1. The van der Waals surface area contributed by atoms with Crippen LogP contribution in [0.25, 0.3) is 0 Å². The number of hydrogen-bond acceptors (Lipinski definition) is 3. The molecule has 0 radical (unpaired) electrons. The fourth-order valence-electron chi connectivity index (χ4n) is 3.43. The number of likely N-dealkylation sites (N-methyl/N-ethyl adjacent to an activating group) is 1. The lowest BCUT2D eigenvalue weighted by Crippen LogP contribution is -2.38. The van der Waals surface area contributed by atoms with E-state index in [9.17, 15) is 9.90 Å². The first-order valence-electron chi connectivity index (χ1n) is 7.83. The van der Waals surface area contributed by atoms with Gasteiger partial charge in [-0.25, -0.2) is 0 Å². The van der Waals surface area contributed by atoms with Gasteiger partial charge in [-0.1, -0.05) is 13.0 Å². The Kier molecular flexibility index (Phi) is 4.88. The fourth-order valence-corrected chi connectivity index (χ4v) is 3.43. The number of nitrogens with zero attached hydrogens (tertiary/aromatic N) is 1. The summed E-state index contributed by atoms with van der Waals surface area (Å²) in [5.41, 5.74) is 3.44. The Morgan fingerprint density at radius 2 is 2.00 bits per heavy atom. The zero-order valence-corrected chi connectivity index (χ0v) is 13.4. The van der Waals surface area contributed by atoms with Gasteiger partial charge in [0.1, 0.15) is 5.75 Å². The zero-order chi connectivity index (χ0) is 15.6. The molecular weight excluding hydrogens is 264 g/mol. The van der Waals surface area contributed by atoms with Crippen LogP contribution in [0.4, 0.5) is 0 Å². The molecule has 1 aromatic carbocycles. The summed E-state index contributed by atoms with van der Waals surface area (Å²) in [6.45, 7) is 10.0. The second-order valence-corrected chi connectivity index (χ2v) is 5.87. The molecule has 116 valence electrons. The van der Waals surface area contributed by atoms with Crippen molar-refractivity contribution in [3.8, 4) is 5.75 Å². The van der Waals surface area contributed by atoms with Gasteiger partial charge in [-0.3, -0.25) is 4.79 Å². The second kappa shape index (κ2) is 6.48. The molecule has 0 spiro atoms. The van der Waals surface area contributed by atoms with E-state index in [1.165, 1.54) is 11.1 Å². The van der Waals surface area contributed by atoms with Gasteiger partial charge in [0.15, 0.2) is 0 Å². The first-order chi connectivity index (χ1) is 9.99. The molecule has 2 atom stereocenters. The molecule has 1 aromatic rings. The van der Waals surface area contributed by atoms with E-state index in [1.807, 2.05) is 24.8 Å². The quantitative estimate of drug-likeness (QED) is 0.876. The molecule has 2 unspecified atom stereocenters. The van der Waals surface area contributed by atoms with Crippen LogP contribution < -0.4 is 5.32 Å². The van der Waals surface area contributed by atoms with E-state index in [0.717, 1.165) is 25.1 Å². The fraction of sp³-hybridized carbons (Fsp3) is 0.588. The van der Waals surface area contributed by atoms with Gasteiger partial charge in [0, 0.05) is 24.7 Å². The number of fused-ring (bicyclic) bond motifs is 1. The summed E-state index contributed by atoms with van der Waals surface area (Å²) < 4.78 is 0. The summed E-state index contributed by atoms with van der Waals surface area (Å²) in [5.74, 6) is 0.870. The van der Waals surface area contributed by atoms with Crippen molar-refractivity contribution >= 4 is 5.91 Å². The highest BCUT2D eigenvalue weighted by Crippen LogP contribution is 2.45. The van der Waals surface area contributed by atoms with E-state index in [-0.39, 0.29) is 11.9 Å². The molecule has 21 heavy (non-hydrogen) atoms. The number of carbonyl (C=O) groups is 1. The Hall–Kier alpha value is -1.55. The highest BCUT2D eigenvalue weighted by Gasteiger charge is 2.32. The molecule has 1 amide bonds. The summed E-state index contributed by atoms with van der Waals surface area (Å²) in [7, 11) is 0. The van der Waals surface area contributed by atoms with Crippen LogP contribution in [-0.4, -0.2) is 35.5 Å². The highest BCUT2D eigenvalue weighted by molar-refractivity contribution is 5.78. The van der Waals surface area contributed by atoms with Crippen molar-refractivity contribution < 1.29 is 9.90 Å². The smallest absolute Gasteiger partial charge is 0.236 e. The summed E-state index contributed by atoms with van der Waals surface area (Å²) in [6, 6.07) is 3.79.